The summed E-state index contributed by atoms with van der Waals surface area (Å²) in [5.74, 6) is -0.218. The lowest BCUT2D eigenvalue weighted by Crippen LogP contribution is -2.41. The zero-order valence-electron chi connectivity index (χ0n) is 16.2. The second-order valence-electron chi connectivity index (χ2n) is 7.49. The molecular formula is C19H25ClN4O2S. The van der Waals surface area contributed by atoms with Gasteiger partial charge < -0.3 is 15.5 Å². The minimum absolute atomic E-state index is 0.0417. The quantitative estimate of drug-likeness (QED) is 0.748. The highest BCUT2D eigenvalue weighted by Crippen LogP contribution is 2.18. The van der Waals surface area contributed by atoms with Gasteiger partial charge in [0.05, 0.1) is 6.54 Å². The number of anilines is 1. The Kier molecular flexibility index (Phi) is 6.84. The fourth-order valence-electron chi connectivity index (χ4n) is 2.29. The van der Waals surface area contributed by atoms with Crippen LogP contribution in [0.25, 0.3) is 0 Å². The molecular weight excluding hydrogens is 384 g/mol. The van der Waals surface area contributed by atoms with Gasteiger partial charge >= 0.3 is 6.03 Å². The fraction of sp³-hybridized carbons (Fsp3) is 0.421. The summed E-state index contributed by atoms with van der Waals surface area (Å²) < 4.78 is 0. The molecule has 1 aromatic carbocycles. The van der Waals surface area contributed by atoms with E-state index in [2.05, 4.69) is 15.6 Å². The van der Waals surface area contributed by atoms with Crippen molar-refractivity contribution in [2.45, 2.75) is 52.7 Å². The Labute approximate surface area is 168 Å². The van der Waals surface area contributed by atoms with Gasteiger partial charge in [-0.1, -0.05) is 17.7 Å². The summed E-state index contributed by atoms with van der Waals surface area (Å²) in [6.07, 6.45) is 0. The molecule has 1 aromatic heterocycles. The molecule has 0 fully saturated rings. The number of benzene rings is 1. The van der Waals surface area contributed by atoms with Crippen molar-refractivity contribution in [2.24, 2.45) is 0 Å². The highest BCUT2D eigenvalue weighted by Gasteiger charge is 2.21. The van der Waals surface area contributed by atoms with E-state index in [9.17, 15) is 9.59 Å². The minimum Gasteiger partial charge on any atom is -0.346 e. The predicted octanol–water partition coefficient (Wildman–Crippen LogP) is 4.77. The molecule has 0 aliphatic rings. The molecule has 2 rings (SSSR count). The number of carbonyl (C=O) groups excluding carboxylic acids is 2. The highest BCUT2D eigenvalue weighted by molar-refractivity contribution is 7.09. The monoisotopic (exact) mass is 408 g/mol. The summed E-state index contributed by atoms with van der Waals surface area (Å²) in [5, 5.41) is 8.69. The molecule has 0 aliphatic carbocycles. The first-order valence-corrected chi connectivity index (χ1v) is 9.91. The number of nitrogens with zero attached hydrogens (tertiary/aromatic N) is 2. The van der Waals surface area contributed by atoms with Gasteiger partial charge in [0.15, 0.2) is 0 Å². The highest BCUT2D eigenvalue weighted by atomic mass is 35.5. The number of amides is 3. The Balaban J connectivity index is 2.08. The van der Waals surface area contributed by atoms with E-state index in [-0.39, 0.29) is 23.5 Å². The van der Waals surface area contributed by atoms with Crippen LogP contribution in [0.3, 0.4) is 0 Å². The summed E-state index contributed by atoms with van der Waals surface area (Å²) in [6, 6.07) is 6.70. The number of rotatable bonds is 5. The molecule has 0 spiro atoms. The Bertz CT molecular complexity index is 814. The molecule has 27 heavy (non-hydrogen) atoms. The van der Waals surface area contributed by atoms with Gasteiger partial charge in [-0.3, -0.25) is 4.79 Å². The minimum atomic E-state index is -0.332. The Morgan fingerprint density at radius 1 is 1.30 bits per heavy atom. The zero-order chi connectivity index (χ0) is 20.2. The first-order chi connectivity index (χ1) is 12.5. The van der Waals surface area contributed by atoms with E-state index in [1.165, 1.54) is 11.3 Å². The zero-order valence-corrected chi connectivity index (χ0v) is 17.7. The first-order valence-electron chi connectivity index (χ1n) is 8.65. The van der Waals surface area contributed by atoms with Gasteiger partial charge in [0.1, 0.15) is 10.7 Å². The number of urea groups is 1. The van der Waals surface area contributed by atoms with Crippen LogP contribution < -0.4 is 10.6 Å². The smallest absolute Gasteiger partial charge is 0.322 e. The molecule has 146 valence electrons. The summed E-state index contributed by atoms with van der Waals surface area (Å²) >= 11 is 7.33. The molecule has 0 saturated carbocycles. The third kappa shape index (κ3) is 6.52. The van der Waals surface area contributed by atoms with Crippen molar-refractivity contribution in [1.29, 1.82) is 0 Å². The lowest BCUT2D eigenvalue weighted by atomic mass is 10.1. The average Bonchev–Trinajstić information content (AvgIpc) is 2.99. The summed E-state index contributed by atoms with van der Waals surface area (Å²) in [6.45, 7) is 9.92. The number of halogens is 1. The van der Waals surface area contributed by atoms with E-state index < -0.39 is 0 Å². The van der Waals surface area contributed by atoms with E-state index in [0.717, 1.165) is 0 Å². The molecule has 0 saturated heterocycles. The third-order valence-electron chi connectivity index (χ3n) is 3.54. The Hall–Kier alpha value is -2.12. The van der Waals surface area contributed by atoms with Gasteiger partial charge in [-0.25, -0.2) is 9.78 Å². The third-order valence-corrected chi connectivity index (χ3v) is 4.61. The number of thiazole rings is 1. The molecule has 0 unspecified atom stereocenters. The molecule has 2 N–H and O–H groups in total. The van der Waals surface area contributed by atoms with Crippen molar-refractivity contribution >= 4 is 40.6 Å². The fourth-order valence-corrected chi connectivity index (χ4v) is 3.25. The standard InChI is InChI=1S/C19H25ClN4O2S/c1-12(2)24(18(26)21-14-8-6-7-13(20)9-14)10-16-22-15(11-27-16)17(25)23-19(3,4)5/h6-9,11-12H,10H2,1-5H3,(H,21,26)(H,23,25). The Morgan fingerprint density at radius 3 is 2.59 bits per heavy atom. The number of carbonyl (C=O) groups is 2. The van der Waals surface area contributed by atoms with Gasteiger partial charge in [0.2, 0.25) is 0 Å². The van der Waals surface area contributed by atoms with Crippen LogP contribution in [0, 0.1) is 0 Å². The van der Waals surface area contributed by atoms with Gasteiger partial charge in [-0.15, -0.1) is 11.3 Å². The topological polar surface area (TPSA) is 74.3 Å². The molecule has 6 nitrogen and oxygen atoms in total. The second-order valence-corrected chi connectivity index (χ2v) is 8.87. The lowest BCUT2D eigenvalue weighted by Gasteiger charge is -2.26. The number of hydrogen-bond donors (Lipinski definition) is 2. The lowest BCUT2D eigenvalue weighted by molar-refractivity contribution is 0.0915. The maximum Gasteiger partial charge on any atom is 0.322 e. The van der Waals surface area contributed by atoms with Gasteiger partial charge in [0, 0.05) is 27.7 Å². The van der Waals surface area contributed by atoms with Crippen molar-refractivity contribution in [1.82, 2.24) is 15.2 Å². The van der Waals surface area contributed by atoms with Crippen molar-refractivity contribution in [3.05, 3.63) is 45.4 Å². The Morgan fingerprint density at radius 2 is 2.00 bits per heavy atom. The molecule has 0 atom stereocenters. The van der Waals surface area contributed by atoms with Gasteiger partial charge in [0.25, 0.3) is 5.91 Å². The van der Waals surface area contributed by atoms with E-state index in [0.29, 0.717) is 28.0 Å². The molecule has 3 amide bonds. The molecule has 0 radical (unpaired) electrons. The van der Waals surface area contributed by atoms with Gasteiger partial charge in [-0.2, -0.15) is 0 Å². The van der Waals surface area contributed by atoms with Gasteiger partial charge in [-0.05, 0) is 52.8 Å². The SMILES string of the molecule is CC(C)N(Cc1nc(C(=O)NC(C)(C)C)cs1)C(=O)Nc1cccc(Cl)c1. The molecule has 8 heteroatoms. The van der Waals surface area contributed by atoms with Crippen LogP contribution >= 0.6 is 22.9 Å². The average molecular weight is 409 g/mol. The number of aromatic nitrogens is 1. The second kappa shape index (κ2) is 8.71. The summed E-state index contributed by atoms with van der Waals surface area (Å²) in [7, 11) is 0. The largest absolute Gasteiger partial charge is 0.346 e. The van der Waals surface area contributed by atoms with Crippen LogP contribution in [0.2, 0.25) is 5.02 Å². The summed E-state index contributed by atoms with van der Waals surface area (Å²) in [5.41, 5.74) is 0.660. The molecule has 0 aliphatic heterocycles. The number of hydrogen-bond acceptors (Lipinski definition) is 4. The van der Waals surface area contributed by atoms with Crippen LogP contribution in [0.4, 0.5) is 10.5 Å². The van der Waals surface area contributed by atoms with Crippen LogP contribution in [0.15, 0.2) is 29.6 Å². The van der Waals surface area contributed by atoms with Crippen LogP contribution in [-0.2, 0) is 6.54 Å². The van der Waals surface area contributed by atoms with E-state index in [1.807, 2.05) is 34.6 Å². The normalized spacial score (nSPS) is 11.4. The van der Waals surface area contributed by atoms with E-state index in [1.54, 1.807) is 34.5 Å². The van der Waals surface area contributed by atoms with Crippen molar-refractivity contribution in [3.63, 3.8) is 0 Å². The van der Waals surface area contributed by atoms with E-state index >= 15 is 0 Å². The predicted molar refractivity (Wildman–Crippen MR) is 110 cm³/mol. The molecule has 1 heterocycles. The molecule has 0 bridgehead atoms. The van der Waals surface area contributed by atoms with Crippen molar-refractivity contribution < 1.29 is 9.59 Å². The van der Waals surface area contributed by atoms with E-state index in [4.69, 9.17) is 11.6 Å². The van der Waals surface area contributed by atoms with Crippen molar-refractivity contribution in [3.8, 4) is 0 Å². The maximum absolute atomic E-state index is 12.7. The van der Waals surface area contributed by atoms with Crippen LogP contribution in [-0.4, -0.2) is 33.4 Å². The number of nitrogens with one attached hydrogen (secondary N) is 2. The molecule has 2 aromatic rings. The van der Waals surface area contributed by atoms with Crippen LogP contribution in [0.5, 0.6) is 0 Å². The first kappa shape index (κ1) is 21.2. The van der Waals surface area contributed by atoms with Crippen LogP contribution in [0.1, 0.15) is 50.1 Å². The van der Waals surface area contributed by atoms with Crippen molar-refractivity contribution in [2.75, 3.05) is 5.32 Å². The maximum atomic E-state index is 12.7. The summed E-state index contributed by atoms with van der Waals surface area (Å²) in [4.78, 5) is 30.9.